The number of amides is 1. The SMILES string of the molecule is CN(C)c1ncccc1NC(=O)c1ccc(Cl)nc1. The van der Waals surface area contributed by atoms with Gasteiger partial charge in [-0.3, -0.25) is 4.79 Å². The van der Waals surface area contributed by atoms with Gasteiger partial charge in [0, 0.05) is 26.5 Å². The molecule has 0 aromatic carbocycles. The maximum atomic E-state index is 12.1. The maximum Gasteiger partial charge on any atom is 0.257 e. The van der Waals surface area contributed by atoms with E-state index in [1.165, 1.54) is 6.20 Å². The van der Waals surface area contributed by atoms with Crippen molar-refractivity contribution in [1.29, 1.82) is 0 Å². The van der Waals surface area contributed by atoms with Crippen LogP contribution < -0.4 is 10.2 Å². The quantitative estimate of drug-likeness (QED) is 0.875. The fourth-order valence-electron chi connectivity index (χ4n) is 1.56. The Balaban J connectivity index is 2.22. The summed E-state index contributed by atoms with van der Waals surface area (Å²) in [6, 6.07) is 6.76. The zero-order valence-electron chi connectivity index (χ0n) is 10.6. The van der Waals surface area contributed by atoms with Gasteiger partial charge in [0.1, 0.15) is 5.15 Å². The highest BCUT2D eigenvalue weighted by Gasteiger charge is 2.11. The molecule has 5 nitrogen and oxygen atoms in total. The Morgan fingerprint density at radius 1 is 1.26 bits per heavy atom. The summed E-state index contributed by atoms with van der Waals surface area (Å²) in [5.74, 6) is 0.443. The van der Waals surface area contributed by atoms with Crippen LogP contribution in [0.1, 0.15) is 10.4 Å². The first kappa shape index (κ1) is 13.3. The first-order valence-electron chi connectivity index (χ1n) is 5.63. The molecule has 0 radical (unpaired) electrons. The van der Waals surface area contributed by atoms with Crippen LogP contribution in [0.15, 0.2) is 36.7 Å². The van der Waals surface area contributed by atoms with Gasteiger partial charge in [-0.05, 0) is 24.3 Å². The fourth-order valence-corrected chi connectivity index (χ4v) is 1.67. The van der Waals surface area contributed by atoms with Crippen LogP contribution in [0.3, 0.4) is 0 Å². The predicted molar refractivity (Wildman–Crippen MR) is 75.8 cm³/mol. The molecule has 0 saturated carbocycles. The van der Waals surface area contributed by atoms with Crippen molar-refractivity contribution in [2.75, 3.05) is 24.3 Å². The lowest BCUT2D eigenvalue weighted by atomic mass is 10.2. The van der Waals surface area contributed by atoms with Gasteiger partial charge in [0.25, 0.3) is 5.91 Å². The second-order valence-electron chi connectivity index (χ2n) is 4.09. The first-order valence-corrected chi connectivity index (χ1v) is 6.01. The summed E-state index contributed by atoms with van der Waals surface area (Å²) in [5.41, 5.74) is 1.09. The molecule has 0 aliphatic rings. The van der Waals surface area contributed by atoms with E-state index in [2.05, 4.69) is 15.3 Å². The fraction of sp³-hybridized carbons (Fsp3) is 0.154. The molecule has 0 unspecified atom stereocenters. The number of carbonyl (C=O) groups is 1. The molecule has 2 rings (SSSR count). The van der Waals surface area contributed by atoms with E-state index in [9.17, 15) is 4.79 Å². The number of anilines is 2. The molecule has 0 aliphatic carbocycles. The average Bonchev–Trinajstić information content (AvgIpc) is 2.39. The van der Waals surface area contributed by atoms with E-state index >= 15 is 0 Å². The molecule has 2 heterocycles. The third kappa shape index (κ3) is 3.20. The highest BCUT2D eigenvalue weighted by Crippen LogP contribution is 2.21. The second kappa shape index (κ2) is 5.67. The van der Waals surface area contributed by atoms with Gasteiger partial charge >= 0.3 is 0 Å². The Hall–Kier alpha value is -2.14. The molecule has 6 heteroatoms. The minimum Gasteiger partial charge on any atom is -0.361 e. The Morgan fingerprint density at radius 3 is 2.68 bits per heavy atom. The van der Waals surface area contributed by atoms with Crippen LogP contribution in [0.25, 0.3) is 0 Å². The molecule has 19 heavy (non-hydrogen) atoms. The molecule has 1 N–H and O–H groups in total. The van der Waals surface area contributed by atoms with Gasteiger partial charge in [0.2, 0.25) is 0 Å². The molecule has 2 aromatic heterocycles. The van der Waals surface area contributed by atoms with Gasteiger partial charge in [-0.15, -0.1) is 0 Å². The zero-order valence-corrected chi connectivity index (χ0v) is 11.3. The largest absolute Gasteiger partial charge is 0.361 e. The van der Waals surface area contributed by atoms with Crippen LogP contribution in [0, 0.1) is 0 Å². The zero-order chi connectivity index (χ0) is 13.8. The predicted octanol–water partition coefficient (Wildman–Crippen LogP) is 2.45. The standard InChI is InChI=1S/C13H13ClN4O/c1-18(2)12-10(4-3-7-15-12)17-13(19)9-5-6-11(14)16-8-9/h3-8H,1-2H3,(H,17,19). The lowest BCUT2D eigenvalue weighted by Crippen LogP contribution is -2.17. The molecule has 0 atom stereocenters. The summed E-state index contributed by atoms with van der Waals surface area (Å²) in [5, 5.41) is 3.16. The van der Waals surface area contributed by atoms with E-state index in [1.807, 2.05) is 19.0 Å². The number of pyridine rings is 2. The third-order valence-corrected chi connectivity index (χ3v) is 2.67. The number of nitrogens with zero attached hydrogens (tertiary/aromatic N) is 3. The molecule has 0 saturated heterocycles. The van der Waals surface area contributed by atoms with Crippen molar-refractivity contribution in [2.24, 2.45) is 0 Å². The smallest absolute Gasteiger partial charge is 0.257 e. The minimum atomic E-state index is -0.250. The molecular weight excluding hydrogens is 264 g/mol. The monoisotopic (exact) mass is 276 g/mol. The van der Waals surface area contributed by atoms with Crippen molar-refractivity contribution in [3.05, 3.63) is 47.4 Å². The van der Waals surface area contributed by atoms with Crippen LogP contribution in [0.4, 0.5) is 11.5 Å². The van der Waals surface area contributed by atoms with Crippen LogP contribution in [0.5, 0.6) is 0 Å². The number of halogens is 1. The van der Waals surface area contributed by atoms with Crippen molar-refractivity contribution in [3.63, 3.8) is 0 Å². The van der Waals surface area contributed by atoms with E-state index in [1.54, 1.807) is 30.5 Å². The molecule has 0 spiro atoms. The highest BCUT2D eigenvalue weighted by molar-refractivity contribution is 6.29. The summed E-state index contributed by atoms with van der Waals surface area (Å²) in [6.07, 6.45) is 3.11. The molecular formula is C13H13ClN4O. The summed E-state index contributed by atoms with van der Waals surface area (Å²) in [4.78, 5) is 22.0. The summed E-state index contributed by atoms with van der Waals surface area (Å²) >= 11 is 5.68. The second-order valence-corrected chi connectivity index (χ2v) is 4.48. The molecule has 2 aromatic rings. The van der Waals surface area contributed by atoms with E-state index < -0.39 is 0 Å². The van der Waals surface area contributed by atoms with Gasteiger partial charge in [-0.25, -0.2) is 9.97 Å². The lowest BCUT2D eigenvalue weighted by Gasteiger charge is -2.16. The van der Waals surface area contributed by atoms with E-state index in [4.69, 9.17) is 11.6 Å². The van der Waals surface area contributed by atoms with Crippen LogP contribution in [0.2, 0.25) is 5.15 Å². The first-order chi connectivity index (χ1) is 9.08. The Kier molecular flexibility index (Phi) is 3.97. The Bertz CT molecular complexity index is 583. The molecule has 0 fully saturated rings. The normalized spacial score (nSPS) is 10.1. The van der Waals surface area contributed by atoms with Crippen LogP contribution >= 0.6 is 11.6 Å². The number of hydrogen-bond acceptors (Lipinski definition) is 4. The number of rotatable bonds is 3. The van der Waals surface area contributed by atoms with Gasteiger partial charge < -0.3 is 10.2 Å². The average molecular weight is 277 g/mol. The summed E-state index contributed by atoms with van der Waals surface area (Å²) < 4.78 is 0. The Labute approximate surface area is 116 Å². The number of nitrogens with one attached hydrogen (secondary N) is 1. The van der Waals surface area contributed by atoms with Crippen molar-refractivity contribution in [2.45, 2.75) is 0 Å². The molecule has 0 aliphatic heterocycles. The van der Waals surface area contributed by atoms with Gasteiger partial charge in [0.05, 0.1) is 11.3 Å². The van der Waals surface area contributed by atoms with E-state index in [-0.39, 0.29) is 5.91 Å². The third-order valence-electron chi connectivity index (χ3n) is 2.45. The Morgan fingerprint density at radius 2 is 2.05 bits per heavy atom. The van der Waals surface area contributed by atoms with Gasteiger partial charge in [-0.2, -0.15) is 0 Å². The van der Waals surface area contributed by atoms with Crippen molar-refractivity contribution in [3.8, 4) is 0 Å². The van der Waals surface area contributed by atoms with Crippen LogP contribution in [-0.2, 0) is 0 Å². The molecule has 1 amide bonds. The highest BCUT2D eigenvalue weighted by atomic mass is 35.5. The number of hydrogen-bond donors (Lipinski definition) is 1. The van der Waals surface area contributed by atoms with Crippen molar-refractivity contribution in [1.82, 2.24) is 9.97 Å². The summed E-state index contributed by atoms with van der Waals surface area (Å²) in [6.45, 7) is 0. The summed E-state index contributed by atoms with van der Waals surface area (Å²) in [7, 11) is 3.73. The van der Waals surface area contributed by atoms with Crippen molar-refractivity contribution < 1.29 is 4.79 Å². The van der Waals surface area contributed by atoms with Gasteiger partial charge in [-0.1, -0.05) is 11.6 Å². The maximum absolute atomic E-state index is 12.1. The number of carbonyl (C=O) groups excluding carboxylic acids is 1. The van der Waals surface area contributed by atoms with Crippen LogP contribution in [-0.4, -0.2) is 30.0 Å². The van der Waals surface area contributed by atoms with E-state index in [0.717, 1.165) is 0 Å². The van der Waals surface area contributed by atoms with E-state index in [0.29, 0.717) is 22.2 Å². The van der Waals surface area contributed by atoms with Crippen molar-refractivity contribution >= 4 is 29.0 Å². The number of aromatic nitrogens is 2. The topological polar surface area (TPSA) is 58.1 Å². The lowest BCUT2D eigenvalue weighted by molar-refractivity contribution is 0.102. The minimum absolute atomic E-state index is 0.250. The van der Waals surface area contributed by atoms with Gasteiger partial charge in [0.15, 0.2) is 5.82 Å². The molecule has 98 valence electrons. The molecule has 0 bridgehead atoms.